The predicted molar refractivity (Wildman–Crippen MR) is 86.1 cm³/mol. The number of alkyl halides is 1. The van der Waals surface area contributed by atoms with E-state index in [0.29, 0.717) is 25.5 Å². The van der Waals surface area contributed by atoms with Crippen LogP contribution >= 0.6 is 11.6 Å². The van der Waals surface area contributed by atoms with Crippen molar-refractivity contribution in [3.05, 3.63) is 12.4 Å². The molecule has 0 unspecified atom stereocenters. The Bertz CT molecular complexity index is 494. The molecule has 0 spiro atoms. The third kappa shape index (κ3) is 5.60. The van der Waals surface area contributed by atoms with Gasteiger partial charge >= 0.3 is 0 Å². The third-order valence-corrected chi connectivity index (χ3v) is 5.41. The van der Waals surface area contributed by atoms with Crippen molar-refractivity contribution in [2.24, 2.45) is 0 Å². The summed E-state index contributed by atoms with van der Waals surface area (Å²) in [6.07, 6.45) is 7.53. The topological polar surface area (TPSA) is 55.2 Å². The molecule has 0 aliphatic rings. The summed E-state index contributed by atoms with van der Waals surface area (Å²) in [7, 11) is -3.43. The summed E-state index contributed by atoms with van der Waals surface area (Å²) in [5.41, 5.74) is 0. The van der Waals surface area contributed by atoms with E-state index in [9.17, 15) is 8.42 Å². The normalized spacial score (nSPS) is 12.2. The second kappa shape index (κ2) is 9.43. The minimum Gasteiger partial charge on any atom is -0.271 e. The van der Waals surface area contributed by atoms with Gasteiger partial charge in [0.1, 0.15) is 4.90 Å². The quantitative estimate of drug-likeness (QED) is 0.584. The molecule has 0 aromatic carbocycles. The smallest absolute Gasteiger partial charge is 0.246 e. The summed E-state index contributed by atoms with van der Waals surface area (Å²) in [6.45, 7) is 5.92. The fraction of sp³-hybridized carbons (Fsp3) is 0.786. The van der Waals surface area contributed by atoms with Gasteiger partial charge in [-0.15, -0.1) is 11.6 Å². The molecule has 0 atom stereocenters. The van der Waals surface area contributed by atoms with Crippen LogP contribution in [0.4, 0.5) is 0 Å². The van der Waals surface area contributed by atoms with Gasteiger partial charge in [0.15, 0.2) is 0 Å². The third-order valence-electron chi connectivity index (χ3n) is 3.29. The number of sulfonamides is 1. The second-order valence-corrected chi connectivity index (χ2v) is 7.41. The minimum atomic E-state index is -3.43. The molecule has 0 amide bonds. The van der Waals surface area contributed by atoms with E-state index in [0.717, 1.165) is 32.1 Å². The number of hydrogen-bond acceptors (Lipinski definition) is 3. The highest BCUT2D eigenvalue weighted by atomic mass is 35.5. The highest BCUT2D eigenvalue weighted by molar-refractivity contribution is 7.89. The van der Waals surface area contributed by atoms with E-state index in [-0.39, 0.29) is 4.90 Å². The number of rotatable bonds is 11. The minimum absolute atomic E-state index is 0.282. The fourth-order valence-electron chi connectivity index (χ4n) is 1.99. The number of halogens is 1. The van der Waals surface area contributed by atoms with Crippen LogP contribution in [0.2, 0.25) is 0 Å². The maximum Gasteiger partial charge on any atom is 0.246 e. The van der Waals surface area contributed by atoms with Gasteiger partial charge in [-0.1, -0.05) is 26.7 Å². The van der Waals surface area contributed by atoms with Crippen LogP contribution in [-0.2, 0) is 16.6 Å². The van der Waals surface area contributed by atoms with Gasteiger partial charge in [-0.05, 0) is 19.3 Å². The Balaban J connectivity index is 2.85. The molecule has 5 nitrogen and oxygen atoms in total. The van der Waals surface area contributed by atoms with Crippen molar-refractivity contribution in [2.45, 2.75) is 57.4 Å². The van der Waals surface area contributed by atoms with Crippen LogP contribution in [0, 0.1) is 0 Å². The largest absolute Gasteiger partial charge is 0.271 e. The van der Waals surface area contributed by atoms with Gasteiger partial charge in [0.25, 0.3) is 0 Å². The highest BCUT2D eigenvalue weighted by Crippen LogP contribution is 2.16. The SMILES string of the molecule is CCCCN(CCCC)S(=O)(=O)c1cnn(CCCCl)c1. The zero-order valence-electron chi connectivity index (χ0n) is 13.0. The molecule has 7 heteroatoms. The standard InChI is InChI=1S/C14H26ClN3O2S/c1-3-5-10-18(11-6-4-2)21(19,20)14-12-16-17(13-14)9-7-8-15/h12-13H,3-11H2,1-2H3. The van der Waals surface area contributed by atoms with E-state index in [1.165, 1.54) is 6.20 Å². The van der Waals surface area contributed by atoms with Gasteiger partial charge in [0.05, 0.1) is 6.20 Å². The first-order valence-electron chi connectivity index (χ1n) is 7.64. The Kier molecular flexibility index (Phi) is 8.29. The van der Waals surface area contributed by atoms with Crippen molar-refractivity contribution in [3.63, 3.8) is 0 Å². The number of nitrogens with zero attached hydrogens (tertiary/aromatic N) is 3. The molecule has 0 radical (unpaired) electrons. The van der Waals surface area contributed by atoms with Crippen LogP contribution in [-0.4, -0.2) is 41.5 Å². The molecule has 0 bridgehead atoms. The van der Waals surface area contributed by atoms with Gasteiger partial charge < -0.3 is 0 Å². The van der Waals surface area contributed by atoms with Gasteiger partial charge in [0, 0.05) is 31.7 Å². The molecule has 1 aromatic heterocycles. The Morgan fingerprint density at radius 2 is 1.81 bits per heavy atom. The van der Waals surface area contributed by atoms with Gasteiger partial charge in [-0.2, -0.15) is 9.40 Å². The lowest BCUT2D eigenvalue weighted by Gasteiger charge is -2.20. The molecule has 0 aliphatic heterocycles. The number of hydrogen-bond donors (Lipinski definition) is 0. The average molecular weight is 336 g/mol. The van der Waals surface area contributed by atoms with E-state index in [2.05, 4.69) is 18.9 Å². The summed E-state index contributed by atoms with van der Waals surface area (Å²) in [6, 6.07) is 0. The van der Waals surface area contributed by atoms with Crippen molar-refractivity contribution < 1.29 is 8.42 Å². The lowest BCUT2D eigenvalue weighted by atomic mass is 10.3. The van der Waals surface area contributed by atoms with Crippen molar-refractivity contribution in [1.82, 2.24) is 14.1 Å². The summed E-state index contributed by atoms with van der Waals surface area (Å²) >= 11 is 5.65. The zero-order chi connectivity index (χ0) is 15.7. The van der Waals surface area contributed by atoms with Crippen molar-refractivity contribution in [2.75, 3.05) is 19.0 Å². The van der Waals surface area contributed by atoms with Crippen LogP contribution in [0.5, 0.6) is 0 Å². The summed E-state index contributed by atoms with van der Waals surface area (Å²) < 4.78 is 28.6. The van der Waals surface area contributed by atoms with Crippen molar-refractivity contribution in [3.8, 4) is 0 Å². The van der Waals surface area contributed by atoms with Crippen molar-refractivity contribution in [1.29, 1.82) is 0 Å². The first-order chi connectivity index (χ1) is 10.1. The number of aromatic nitrogens is 2. The highest BCUT2D eigenvalue weighted by Gasteiger charge is 2.25. The molecule has 0 N–H and O–H groups in total. The molecule has 122 valence electrons. The van der Waals surface area contributed by atoms with E-state index in [1.807, 2.05) is 0 Å². The molecular weight excluding hydrogens is 310 g/mol. The van der Waals surface area contributed by atoms with E-state index in [1.54, 1.807) is 15.2 Å². The van der Waals surface area contributed by atoms with Crippen LogP contribution in [0.15, 0.2) is 17.3 Å². The molecule has 0 aliphatic carbocycles. The Labute approximate surface area is 133 Å². The summed E-state index contributed by atoms with van der Waals surface area (Å²) in [5, 5.41) is 4.12. The first-order valence-corrected chi connectivity index (χ1v) is 9.62. The predicted octanol–water partition coefficient (Wildman–Crippen LogP) is 3.10. The number of unbranched alkanes of at least 4 members (excludes halogenated alkanes) is 2. The van der Waals surface area contributed by atoms with E-state index in [4.69, 9.17) is 11.6 Å². The van der Waals surface area contributed by atoms with Gasteiger partial charge in [-0.3, -0.25) is 4.68 Å². The lowest BCUT2D eigenvalue weighted by Crippen LogP contribution is -2.32. The van der Waals surface area contributed by atoms with Gasteiger partial charge in [-0.25, -0.2) is 8.42 Å². The molecule has 0 saturated carbocycles. The fourth-order valence-corrected chi connectivity index (χ4v) is 3.58. The number of aryl methyl sites for hydroxylation is 1. The second-order valence-electron chi connectivity index (χ2n) is 5.09. The Morgan fingerprint density at radius 3 is 2.33 bits per heavy atom. The Hall–Kier alpha value is -0.590. The molecule has 21 heavy (non-hydrogen) atoms. The zero-order valence-corrected chi connectivity index (χ0v) is 14.5. The maximum absolute atomic E-state index is 12.7. The monoisotopic (exact) mass is 335 g/mol. The average Bonchev–Trinajstić information content (AvgIpc) is 2.94. The van der Waals surface area contributed by atoms with Crippen LogP contribution in [0.3, 0.4) is 0 Å². The molecule has 1 rings (SSSR count). The van der Waals surface area contributed by atoms with E-state index < -0.39 is 10.0 Å². The Morgan fingerprint density at radius 1 is 1.19 bits per heavy atom. The van der Waals surface area contributed by atoms with Crippen LogP contribution in [0.1, 0.15) is 46.0 Å². The van der Waals surface area contributed by atoms with Gasteiger partial charge in [0.2, 0.25) is 10.0 Å². The summed E-state index contributed by atoms with van der Waals surface area (Å²) in [4.78, 5) is 0.282. The molecule has 1 heterocycles. The van der Waals surface area contributed by atoms with Crippen LogP contribution in [0.25, 0.3) is 0 Å². The molecular formula is C14H26ClN3O2S. The van der Waals surface area contributed by atoms with E-state index >= 15 is 0 Å². The maximum atomic E-state index is 12.7. The lowest BCUT2D eigenvalue weighted by molar-refractivity contribution is 0.395. The molecule has 1 aromatic rings. The molecule has 0 saturated heterocycles. The van der Waals surface area contributed by atoms with Crippen LogP contribution < -0.4 is 0 Å². The molecule has 0 fully saturated rings. The van der Waals surface area contributed by atoms with Crippen molar-refractivity contribution >= 4 is 21.6 Å². The first kappa shape index (κ1) is 18.5. The summed E-state index contributed by atoms with van der Waals surface area (Å²) in [5.74, 6) is 0.543.